The lowest BCUT2D eigenvalue weighted by Gasteiger charge is -2.06. The number of rotatable bonds is 3. The average molecular weight is 235 g/mol. The molecule has 0 aliphatic carbocycles. The fourth-order valence-electron chi connectivity index (χ4n) is 1.55. The largest absolute Gasteiger partial charge is 0.478 e. The zero-order valence-electron chi connectivity index (χ0n) is 9.85. The molecule has 0 spiro atoms. The molecule has 0 amide bonds. The first-order valence-electron chi connectivity index (χ1n) is 5.00. The summed E-state index contributed by atoms with van der Waals surface area (Å²) in [6.07, 6.45) is 1.46. The number of nitro benzene ring substituents is 1. The predicted molar refractivity (Wildman–Crippen MR) is 63.9 cm³/mol. The molecule has 0 saturated heterocycles. The molecule has 0 atom stereocenters. The van der Waals surface area contributed by atoms with E-state index in [2.05, 4.69) is 0 Å². The molecule has 90 valence electrons. The summed E-state index contributed by atoms with van der Waals surface area (Å²) >= 11 is 0. The smallest absolute Gasteiger partial charge is 0.331 e. The molecule has 1 aromatic rings. The van der Waals surface area contributed by atoms with E-state index >= 15 is 0 Å². The Labute approximate surface area is 98.5 Å². The summed E-state index contributed by atoms with van der Waals surface area (Å²) in [5, 5.41) is 19.6. The van der Waals surface area contributed by atoms with E-state index in [9.17, 15) is 14.9 Å². The Kier molecular flexibility index (Phi) is 3.62. The molecule has 1 aromatic carbocycles. The first kappa shape index (κ1) is 12.9. The predicted octanol–water partition coefficient (Wildman–Crippen LogP) is 2.70. The van der Waals surface area contributed by atoms with Gasteiger partial charge in [0, 0.05) is 17.2 Å². The number of nitrogens with zero attached hydrogens (tertiary/aromatic N) is 1. The Bertz CT molecular complexity index is 517. The molecule has 17 heavy (non-hydrogen) atoms. The summed E-state index contributed by atoms with van der Waals surface area (Å²) in [7, 11) is 0. The highest BCUT2D eigenvalue weighted by Crippen LogP contribution is 2.26. The number of hydrogen-bond acceptors (Lipinski definition) is 3. The summed E-state index contributed by atoms with van der Waals surface area (Å²) < 4.78 is 0. The van der Waals surface area contributed by atoms with E-state index in [0.717, 1.165) is 5.56 Å². The number of aryl methyl sites for hydroxylation is 1. The normalized spacial score (nSPS) is 11.4. The molecule has 5 nitrogen and oxygen atoms in total. The second-order valence-corrected chi connectivity index (χ2v) is 3.83. The second-order valence-electron chi connectivity index (χ2n) is 3.83. The van der Waals surface area contributed by atoms with Crippen LogP contribution in [0.15, 0.2) is 17.7 Å². The number of carboxylic acids is 1. The second kappa shape index (κ2) is 4.78. The van der Waals surface area contributed by atoms with Gasteiger partial charge in [0.2, 0.25) is 0 Å². The molecule has 1 rings (SSSR count). The van der Waals surface area contributed by atoms with Gasteiger partial charge >= 0.3 is 5.97 Å². The molecule has 0 aliphatic heterocycles. The minimum Gasteiger partial charge on any atom is -0.478 e. The van der Waals surface area contributed by atoms with Crippen LogP contribution in [0.25, 0.3) is 6.08 Å². The van der Waals surface area contributed by atoms with E-state index in [-0.39, 0.29) is 11.3 Å². The van der Waals surface area contributed by atoms with Crippen LogP contribution in [0.5, 0.6) is 0 Å². The number of aliphatic carboxylic acids is 1. The Morgan fingerprint density at radius 3 is 2.47 bits per heavy atom. The van der Waals surface area contributed by atoms with Crippen molar-refractivity contribution in [3.8, 4) is 0 Å². The number of carbonyl (C=O) groups is 1. The number of benzene rings is 1. The van der Waals surface area contributed by atoms with E-state index in [1.54, 1.807) is 19.9 Å². The molecular weight excluding hydrogens is 222 g/mol. The monoisotopic (exact) mass is 235 g/mol. The van der Waals surface area contributed by atoms with E-state index < -0.39 is 10.9 Å². The zero-order valence-corrected chi connectivity index (χ0v) is 9.85. The molecule has 0 saturated carbocycles. The van der Waals surface area contributed by atoms with Crippen LogP contribution in [0.4, 0.5) is 5.69 Å². The van der Waals surface area contributed by atoms with Crippen LogP contribution in [-0.4, -0.2) is 16.0 Å². The Morgan fingerprint density at radius 2 is 2.00 bits per heavy atom. The third kappa shape index (κ3) is 2.69. The number of hydrogen-bond donors (Lipinski definition) is 1. The third-order valence-electron chi connectivity index (χ3n) is 2.60. The van der Waals surface area contributed by atoms with Gasteiger partial charge < -0.3 is 5.11 Å². The SMILES string of the molecule is CC(=Cc1c(C)ccc([N+](=O)[O-])c1C)C(=O)O. The minimum absolute atomic E-state index is 0.0000359. The third-order valence-corrected chi connectivity index (χ3v) is 2.60. The maximum Gasteiger partial charge on any atom is 0.331 e. The Morgan fingerprint density at radius 1 is 1.41 bits per heavy atom. The van der Waals surface area contributed by atoms with Gasteiger partial charge in [-0.2, -0.15) is 0 Å². The quantitative estimate of drug-likeness (QED) is 0.496. The van der Waals surface area contributed by atoms with Crippen molar-refractivity contribution in [3.05, 3.63) is 44.5 Å². The van der Waals surface area contributed by atoms with E-state index in [4.69, 9.17) is 5.11 Å². The van der Waals surface area contributed by atoms with Crippen molar-refractivity contribution < 1.29 is 14.8 Å². The first-order chi connectivity index (χ1) is 7.84. The summed E-state index contributed by atoms with van der Waals surface area (Å²) in [4.78, 5) is 21.0. The number of carboxylic acid groups (broad SMARTS) is 1. The molecule has 0 unspecified atom stereocenters. The first-order valence-corrected chi connectivity index (χ1v) is 5.00. The summed E-state index contributed by atoms with van der Waals surface area (Å²) in [5.74, 6) is -1.03. The lowest BCUT2D eigenvalue weighted by molar-refractivity contribution is -0.385. The standard InChI is InChI=1S/C12H13NO4/c1-7-4-5-11(13(16)17)9(3)10(7)6-8(2)12(14)15/h4-6H,1-3H3,(H,14,15). The van der Waals surface area contributed by atoms with Gasteiger partial charge in [0.1, 0.15) is 0 Å². The van der Waals surface area contributed by atoms with Crippen LogP contribution in [0.2, 0.25) is 0 Å². The van der Waals surface area contributed by atoms with Crippen molar-refractivity contribution in [2.45, 2.75) is 20.8 Å². The lowest BCUT2D eigenvalue weighted by atomic mass is 9.99. The van der Waals surface area contributed by atoms with Crippen LogP contribution in [-0.2, 0) is 4.79 Å². The lowest BCUT2D eigenvalue weighted by Crippen LogP contribution is -1.99. The van der Waals surface area contributed by atoms with Gasteiger partial charge in [-0.05, 0) is 38.0 Å². The van der Waals surface area contributed by atoms with Gasteiger partial charge in [0.15, 0.2) is 0 Å². The molecule has 0 aliphatic rings. The summed E-state index contributed by atoms with van der Waals surface area (Å²) in [6.45, 7) is 4.86. The van der Waals surface area contributed by atoms with Crippen molar-refractivity contribution in [1.82, 2.24) is 0 Å². The minimum atomic E-state index is -1.03. The van der Waals surface area contributed by atoms with Gasteiger partial charge in [0.05, 0.1) is 4.92 Å². The molecular formula is C12H13NO4. The van der Waals surface area contributed by atoms with Crippen molar-refractivity contribution in [3.63, 3.8) is 0 Å². The Hall–Kier alpha value is -2.17. The summed E-state index contributed by atoms with van der Waals surface area (Å²) in [5.41, 5.74) is 2.04. The highest BCUT2D eigenvalue weighted by molar-refractivity contribution is 5.92. The van der Waals surface area contributed by atoms with Gasteiger partial charge in [-0.1, -0.05) is 6.07 Å². The molecule has 0 aromatic heterocycles. The van der Waals surface area contributed by atoms with Crippen LogP contribution in [0.1, 0.15) is 23.6 Å². The highest BCUT2D eigenvalue weighted by Gasteiger charge is 2.15. The molecule has 0 bridgehead atoms. The highest BCUT2D eigenvalue weighted by atomic mass is 16.6. The van der Waals surface area contributed by atoms with Crippen LogP contribution in [0, 0.1) is 24.0 Å². The fraction of sp³-hybridized carbons (Fsp3) is 0.250. The van der Waals surface area contributed by atoms with E-state index in [0.29, 0.717) is 11.1 Å². The summed E-state index contributed by atoms with van der Waals surface area (Å²) in [6, 6.07) is 3.05. The molecule has 5 heteroatoms. The van der Waals surface area contributed by atoms with E-state index in [1.165, 1.54) is 19.1 Å². The topological polar surface area (TPSA) is 80.4 Å². The molecule has 0 heterocycles. The maximum absolute atomic E-state index is 10.8. The van der Waals surface area contributed by atoms with Gasteiger partial charge in [0.25, 0.3) is 5.69 Å². The van der Waals surface area contributed by atoms with Crippen molar-refractivity contribution >= 4 is 17.7 Å². The number of nitro groups is 1. The van der Waals surface area contributed by atoms with Crippen LogP contribution in [0.3, 0.4) is 0 Å². The Balaban J connectivity index is 3.43. The molecule has 0 fully saturated rings. The fourth-order valence-corrected chi connectivity index (χ4v) is 1.55. The van der Waals surface area contributed by atoms with Crippen molar-refractivity contribution in [2.24, 2.45) is 0 Å². The average Bonchev–Trinajstić information content (AvgIpc) is 2.22. The van der Waals surface area contributed by atoms with Gasteiger partial charge in [-0.15, -0.1) is 0 Å². The van der Waals surface area contributed by atoms with Crippen LogP contribution < -0.4 is 0 Å². The van der Waals surface area contributed by atoms with Crippen molar-refractivity contribution in [1.29, 1.82) is 0 Å². The van der Waals surface area contributed by atoms with Gasteiger partial charge in [-0.25, -0.2) is 4.79 Å². The van der Waals surface area contributed by atoms with Crippen molar-refractivity contribution in [2.75, 3.05) is 0 Å². The molecule has 0 radical (unpaired) electrons. The van der Waals surface area contributed by atoms with Crippen LogP contribution >= 0.6 is 0 Å². The zero-order chi connectivity index (χ0) is 13.2. The van der Waals surface area contributed by atoms with Gasteiger partial charge in [-0.3, -0.25) is 10.1 Å². The molecule has 1 N–H and O–H groups in total. The maximum atomic E-state index is 10.8. The van der Waals surface area contributed by atoms with E-state index in [1.807, 2.05) is 0 Å².